The van der Waals surface area contributed by atoms with Crippen molar-refractivity contribution in [2.45, 2.75) is 25.9 Å². The molecule has 0 aliphatic carbocycles. The van der Waals surface area contributed by atoms with Crippen molar-refractivity contribution in [1.29, 1.82) is 0 Å². The lowest BCUT2D eigenvalue weighted by molar-refractivity contribution is -0.153. The van der Waals surface area contributed by atoms with Crippen molar-refractivity contribution in [2.75, 3.05) is 0 Å². The third kappa shape index (κ3) is 2.35. The first-order valence-electron chi connectivity index (χ1n) is 4.73. The summed E-state index contributed by atoms with van der Waals surface area (Å²) in [6.45, 7) is 3.20. The summed E-state index contributed by atoms with van der Waals surface area (Å²) in [4.78, 5) is 15.1. The third-order valence-electron chi connectivity index (χ3n) is 2.13. The number of carbonyl (C=O) groups is 1. The smallest absolute Gasteiger partial charge is 0.304 e. The Hall–Kier alpha value is -1.82. The molecule has 0 spiro atoms. The maximum Gasteiger partial charge on any atom is 0.304 e. The van der Waals surface area contributed by atoms with Gasteiger partial charge in [0.15, 0.2) is 0 Å². The van der Waals surface area contributed by atoms with E-state index in [2.05, 4.69) is 10.9 Å². The molecule has 0 amide bonds. The number of nitrogens with zero attached hydrogens (tertiary/aromatic N) is 1. The average molecular weight is 203 g/mol. The van der Waals surface area contributed by atoms with Crippen LogP contribution in [0.3, 0.4) is 0 Å². The number of esters is 1. The van der Waals surface area contributed by atoms with Crippen LogP contribution in [0.1, 0.15) is 26.0 Å². The molecule has 0 radical (unpaired) electrons. The van der Waals surface area contributed by atoms with Crippen molar-refractivity contribution >= 4 is 5.97 Å². The highest BCUT2D eigenvalue weighted by Crippen LogP contribution is 2.26. The van der Waals surface area contributed by atoms with Crippen LogP contribution in [0.5, 0.6) is 0 Å². The van der Waals surface area contributed by atoms with Crippen molar-refractivity contribution in [1.82, 2.24) is 4.98 Å². The molecular formula is C12H13NO2. The van der Waals surface area contributed by atoms with E-state index in [0.29, 0.717) is 12.1 Å². The molecule has 1 unspecified atom stereocenters. The van der Waals surface area contributed by atoms with Crippen molar-refractivity contribution in [3.63, 3.8) is 0 Å². The Bertz CT molecular complexity index is 380. The molecule has 0 saturated carbocycles. The predicted molar refractivity (Wildman–Crippen MR) is 56.8 cm³/mol. The van der Waals surface area contributed by atoms with Gasteiger partial charge in [0.2, 0.25) is 5.60 Å². The van der Waals surface area contributed by atoms with E-state index in [9.17, 15) is 4.79 Å². The zero-order valence-corrected chi connectivity index (χ0v) is 8.86. The largest absolute Gasteiger partial charge is 0.440 e. The molecule has 1 rings (SSSR count). The zero-order valence-electron chi connectivity index (χ0n) is 8.86. The van der Waals surface area contributed by atoms with E-state index in [1.54, 1.807) is 18.3 Å². The number of hydrogen-bond donors (Lipinski definition) is 0. The number of hydrogen-bond acceptors (Lipinski definition) is 3. The van der Waals surface area contributed by atoms with E-state index >= 15 is 0 Å². The van der Waals surface area contributed by atoms with Crippen LogP contribution < -0.4 is 0 Å². The molecule has 3 nitrogen and oxygen atoms in total. The van der Waals surface area contributed by atoms with Gasteiger partial charge < -0.3 is 4.74 Å². The summed E-state index contributed by atoms with van der Waals surface area (Å²) in [7, 11) is 0. The van der Waals surface area contributed by atoms with Crippen LogP contribution in [0.15, 0.2) is 24.4 Å². The van der Waals surface area contributed by atoms with Gasteiger partial charge in [0.05, 0.1) is 5.69 Å². The second kappa shape index (κ2) is 4.61. The molecule has 0 N–H and O–H groups in total. The highest BCUT2D eigenvalue weighted by atomic mass is 16.6. The maximum absolute atomic E-state index is 11.0. The minimum Gasteiger partial charge on any atom is -0.440 e. The number of carbonyl (C=O) groups excluding carboxylic acids is 1. The molecule has 0 saturated heterocycles. The molecule has 0 bridgehead atoms. The number of terminal acetylenes is 1. The molecule has 1 atom stereocenters. The SMILES string of the molecule is C#CC(CC)(OC(C)=O)c1ccccn1. The first-order chi connectivity index (χ1) is 7.14. The Kier molecular flexibility index (Phi) is 3.46. The van der Waals surface area contributed by atoms with Gasteiger partial charge in [-0.25, -0.2) is 0 Å². The summed E-state index contributed by atoms with van der Waals surface area (Å²) in [5, 5.41) is 0. The van der Waals surface area contributed by atoms with Crippen LogP contribution in [-0.2, 0) is 15.1 Å². The van der Waals surface area contributed by atoms with E-state index in [4.69, 9.17) is 11.2 Å². The Balaban J connectivity index is 3.13. The Morgan fingerprint density at radius 2 is 2.40 bits per heavy atom. The Morgan fingerprint density at radius 3 is 2.80 bits per heavy atom. The van der Waals surface area contributed by atoms with Crippen LogP contribution in [0.25, 0.3) is 0 Å². The minimum atomic E-state index is -1.03. The fourth-order valence-electron chi connectivity index (χ4n) is 1.36. The molecule has 0 fully saturated rings. The molecule has 0 aromatic carbocycles. The highest BCUT2D eigenvalue weighted by Gasteiger charge is 2.32. The van der Waals surface area contributed by atoms with E-state index in [0.717, 1.165) is 0 Å². The molecular weight excluding hydrogens is 190 g/mol. The van der Waals surface area contributed by atoms with Gasteiger partial charge in [-0.2, -0.15) is 0 Å². The Morgan fingerprint density at radius 1 is 1.67 bits per heavy atom. The lowest BCUT2D eigenvalue weighted by Crippen LogP contribution is -2.30. The molecule has 78 valence electrons. The Labute approximate surface area is 89.5 Å². The minimum absolute atomic E-state index is 0.402. The normalized spacial score (nSPS) is 13.7. The summed E-state index contributed by atoms with van der Waals surface area (Å²) in [5.74, 6) is 2.10. The zero-order chi connectivity index (χ0) is 11.3. The molecule has 1 aromatic rings. The van der Waals surface area contributed by atoms with Crippen LogP contribution in [0.4, 0.5) is 0 Å². The second-order valence-electron chi connectivity index (χ2n) is 3.13. The molecule has 15 heavy (non-hydrogen) atoms. The topological polar surface area (TPSA) is 39.2 Å². The van der Waals surface area contributed by atoms with Gasteiger partial charge >= 0.3 is 5.97 Å². The van der Waals surface area contributed by atoms with Gasteiger partial charge in [-0.3, -0.25) is 9.78 Å². The van der Waals surface area contributed by atoms with Gasteiger partial charge in [0, 0.05) is 19.5 Å². The van der Waals surface area contributed by atoms with Crippen LogP contribution in [0, 0.1) is 12.3 Å². The van der Waals surface area contributed by atoms with Gasteiger partial charge in [-0.15, -0.1) is 6.42 Å². The van der Waals surface area contributed by atoms with E-state index in [1.165, 1.54) is 6.92 Å². The van der Waals surface area contributed by atoms with Crippen molar-refractivity contribution in [3.05, 3.63) is 30.1 Å². The fourth-order valence-corrected chi connectivity index (χ4v) is 1.36. The molecule has 0 aliphatic rings. The van der Waals surface area contributed by atoms with E-state index in [-0.39, 0.29) is 0 Å². The number of aromatic nitrogens is 1. The predicted octanol–water partition coefficient (Wildman–Crippen LogP) is 1.88. The van der Waals surface area contributed by atoms with Gasteiger partial charge in [0.25, 0.3) is 0 Å². The first kappa shape index (κ1) is 11.3. The van der Waals surface area contributed by atoms with Crippen molar-refractivity contribution < 1.29 is 9.53 Å². The molecule has 1 aromatic heterocycles. The van der Waals surface area contributed by atoms with E-state index in [1.807, 2.05) is 13.0 Å². The average Bonchev–Trinajstić information content (AvgIpc) is 2.27. The quantitative estimate of drug-likeness (QED) is 0.556. The monoisotopic (exact) mass is 203 g/mol. The fraction of sp³-hybridized carbons (Fsp3) is 0.333. The van der Waals surface area contributed by atoms with Crippen LogP contribution >= 0.6 is 0 Å². The van der Waals surface area contributed by atoms with Crippen molar-refractivity contribution in [3.8, 4) is 12.3 Å². The standard InChI is InChI=1S/C12H13NO2/c1-4-12(5-2,15-10(3)14)11-8-6-7-9-13-11/h1,6-9H,5H2,2-3H3. The number of ether oxygens (including phenoxy) is 1. The summed E-state index contributed by atoms with van der Waals surface area (Å²) in [6, 6.07) is 5.36. The first-order valence-corrected chi connectivity index (χ1v) is 4.73. The second-order valence-corrected chi connectivity index (χ2v) is 3.13. The lowest BCUT2D eigenvalue weighted by atomic mass is 9.96. The molecule has 1 heterocycles. The molecule has 3 heteroatoms. The van der Waals surface area contributed by atoms with Gasteiger partial charge in [0.1, 0.15) is 0 Å². The maximum atomic E-state index is 11.0. The molecule has 0 aliphatic heterocycles. The van der Waals surface area contributed by atoms with Crippen LogP contribution in [0.2, 0.25) is 0 Å². The van der Waals surface area contributed by atoms with Gasteiger partial charge in [-0.1, -0.05) is 18.9 Å². The lowest BCUT2D eigenvalue weighted by Gasteiger charge is -2.25. The number of pyridine rings is 1. The summed E-state index contributed by atoms with van der Waals surface area (Å²) < 4.78 is 5.18. The third-order valence-corrected chi connectivity index (χ3v) is 2.13. The summed E-state index contributed by atoms with van der Waals surface area (Å²) >= 11 is 0. The van der Waals surface area contributed by atoms with Crippen molar-refractivity contribution in [2.24, 2.45) is 0 Å². The van der Waals surface area contributed by atoms with Crippen LogP contribution in [-0.4, -0.2) is 11.0 Å². The summed E-state index contributed by atoms with van der Waals surface area (Å²) in [5.41, 5.74) is -0.446. The summed E-state index contributed by atoms with van der Waals surface area (Å²) in [6.07, 6.45) is 7.56. The number of rotatable bonds is 3. The highest BCUT2D eigenvalue weighted by molar-refractivity contribution is 5.67. The van der Waals surface area contributed by atoms with E-state index < -0.39 is 11.6 Å². The van der Waals surface area contributed by atoms with Gasteiger partial charge in [-0.05, 0) is 12.1 Å².